The van der Waals surface area contributed by atoms with E-state index in [0.29, 0.717) is 39.4 Å². The number of aryl methyl sites for hydroxylation is 1. The monoisotopic (exact) mass is 381 g/mol. The number of hydrogen-bond donors (Lipinski definition) is 3. The quantitative estimate of drug-likeness (QED) is 0.282. The molecule has 1 atom stereocenters. The summed E-state index contributed by atoms with van der Waals surface area (Å²) in [7, 11) is 0. The summed E-state index contributed by atoms with van der Waals surface area (Å²) in [5.74, 6) is -0.801. The van der Waals surface area contributed by atoms with Crippen LogP contribution in [0.4, 0.5) is 0 Å². The molecule has 0 aliphatic rings. The lowest BCUT2D eigenvalue weighted by Gasteiger charge is -2.14. The molecule has 0 aromatic heterocycles. The lowest BCUT2D eigenvalue weighted by Crippen LogP contribution is -2.31. The second-order valence-electron chi connectivity index (χ2n) is 6.17. The lowest BCUT2D eigenvalue weighted by atomic mass is 10.1. The van der Waals surface area contributed by atoms with E-state index in [1.807, 2.05) is 19.1 Å². The fraction of sp³-hybridized carbons (Fsp3) is 0.579. The summed E-state index contributed by atoms with van der Waals surface area (Å²) in [6.45, 7) is 4.30. The Labute approximate surface area is 160 Å². The van der Waals surface area contributed by atoms with E-state index in [9.17, 15) is 9.59 Å². The molecular formula is C19H31N3O5. The minimum Gasteiger partial charge on any atom is -0.379 e. The summed E-state index contributed by atoms with van der Waals surface area (Å²) in [5, 5.41) is 3.08. The van der Waals surface area contributed by atoms with Gasteiger partial charge in [0, 0.05) is 19.6 Å². The van der Waals surface area contributed by atoms with Crippen LogP contribution >= 0.6 is 0 Å². The van der Waals surface area contributed by atoms with Crippen molar-refractivity contribution in [2.45, 2.75) is 39.0 Å². The second-order valence-corrected chi connectivity index (χ2v) is 6.17. The van der Waals surface area contributed by atoms with E-state index >= 15 is 0 Å². The van der Waals surface area contributed by atoms with E-state index in [1.165, 1.54) is 5.56 Å². The third kappa shape index (κ3) is 12.9. The van der Waals surface area contributed by atoms with Gasteiger partial charge in [-0.1, -0.05) is 24.3 Å². The molecule has 0 bridgehead atoms. The molecule has 1 rings (SSSR count). The van der Waals surface area contributed by atoms with Gasteiger partial charge in [0.25, 0.3) is 0 Å². The number of nitrogens with two attached hydrogens (primary N) is 2. The summed E-state index contributed by atoms with van der Waals surface area (Å²) < 4.78 is 16.1. The van der Waals surface area contributed by atoms with Crippen molar-refractivity contribution < 1.29 is 23.8 Å². The smallest absolute Gasteiger partial charge is 0.243 e. The van der Waals surface area contributed by atoms with Crippen LogP contribution in [0.5, 0.6) is 0 Å². The van der Waals surface area contributed by atoms with Gasteiger partial charge in [0.2, 0.25) is 11.8 Å². The van der Waals surface area contributed by atoms with Crippen LogP contribution in [0.3, 0.4) is 0 Å². The number of ether oxygens (including phenoxy) is 3. The molecule has 0 aliphatic heterocycles. The average molecular weight is 381 g/mol. The normalized spacial score (nSPS) is 12.0. The fourth-order valence-electron chi connectivity index (χ4n) is 2.25. The Balaban J connectivity index is 2.09. The van der Waals surface area contributed by atoms with Gasteiger partial charge in [-0.2, -0.15) is 0 Å². The number of carbonyl (C=O) groups is 2. The molecule has 27 heavy (non-hydrogen) atoms. The molecule has 1 aromatic rings. The van der Waals surface area contributed by atoms with E-state index < -0.39 is 5.91 Å². The van der Waals surface area contributed by atoms with Gasteiger partial charge in [-0.25, -0.2) is 0 Å². The molecule has 1 aromatic carbocycles. The molecule has 0 aliphatic carbocycles. The van der Waals surface area contributed by atoms with Crippen LogP contribution in [-0.4, -0.2) is 51.0 Å². The summed E-state index contributed by atoms with van der Waals surface area (Å²) in [4.78, 5) is 21.2. The van der Waals surface area contributed by atoms with Crippen LogP contribution in [0.1, 0.15) is 30.9 Å². The van der Waals surface area contributed by atoms with Gasteiger partial charge in [0.15, 0.2) is 0 Å². The van der Waals surface area contributed by atoms with E-state index in [0.717, 1.165) is 18.4 Å². The van der Waals surface area contributed by atoms with Crippen molar-refractivity contribution in [3.8, 4) is 0 Å². The number of primary amides is 2. The first-order valence-electron chi connectivity index (χ1n) is 9.12. The largest absolute Gasteiger partial charge is 0.379 e. The van der Waals surface area contributed by atoms with Crippen LogP contribution in [-0.2, 0) is 36.8 Å². The number of amides is 2. The minimum atomic E-state index is -0.474. The van der Waals surface area contributed by atoms with Crippen molar-refractivity contribution in [3.05, 3.63) is 35.4 Å². The maximum absolute atomic E-state index is 10.7. The summed E-state index contributed by atoms with van der Waals surface area (Å²) in [6, 6.07) is 8.26. The van der Waals surface area contributed by atoms with Crippen LogP contribution in [0, 0.1) is 0 Å². The van der Waals surface area contributed by atoms with Crippen molar-refractivity contribution in [3.63, 3.8) is 0 Å². The lowest BCUT2D eigenvalue weighted by molar-refractivity contribution is -0.123. The SMILES string of the molecule is C[C@H](NCCC(N)=O)OCc1ccc(CCCOCCOCC(N)=O)cc1. The summed E-state index contributed by atoms with van der Waals surface area (Å²) >= 11 is 0. The van der Waals surface area contributed by atoms with Crippen LogP contribution in [0.15, 0.2) is 24.3 Å². The van der Waals surface area contributed by atoms with Crippen molar-refractivity contribution in [2.24, 2.45) is 11.5 Å². The average Bonchev–Trinajstić information content (AvgIpc) is 2.62. The van der Waals surface area contributed by atoms with Gasteiger partial charge >= 0.3 is 0 Å². The highest BCUT2D eigenvalue weighted by Crippen LogP contribution is 2.09. The first-order valence-corrected chi connectivity index (χ1v) is 9.12. The van der Waals surface area contributed by atoms with E-state index in [-0.39, 0.29) is 18.7 Å². The Morgan fingerprint density at radius 1 is 1.00 bits per heavy atom. The summed E-state index contributed by atoms with van der Waals surface area (Å²) in [6.07, 6.45) is 1.99. The third-order valence-corrected chi connectivity index (χ3v) is 3.70. The molecule has 0 fully saturated rings. The maximum Gasteiger partial charge on any atom is 0.243 e. The zero-order chi connectivity index (χ0) is 19.9. The molecule has 0 spiro atoms. The van der Waals surface area contributed by atoms with E-state index in [1.54, 1.807) is 0 Å². The van der Waals surface area contributed by atoms with Crippen LogP contribution in [0.25, 0.3) is 0 Å². The van der Waals surface area contributed by atoms with Crippen molar-refractivity contribution >= 4 is 11.8 Å². The highest BCUT2D eigenvalue weighted by Gasteiger charge is 2.03. The second kappa shape index (κ2) is 14.1. The molecule has 5 N–H and O–H groups in total. The van der Waals surface area contributed by atoms with Gasteiger partial charge in [-0.3, -0.25) is 14.9 Å². The Bertz CT molecular complexity index is 551. The van der Waals surface area contributed by atoms with Crippen molar-refractivity contribution in [2.75, 3.05) is 33.0 Å². The highest BCUT2D eigenvalue weighted by atomic mass is 16.5. The number of benzene rings is 1. The Morgan fingerprint density at radius 2 is 1.67 bits per heavy atom. The fourth-order valence-corrected chi connectivity index (χ4v) is 2.25. The van der Waals surface area contributed by atoms with Crippen molar-refractivity contribution in [1.82, 2.24) is 5.32 Å². The van der Waals surface area contributed by atoms with Crippen molar-refractivity contribution in [1.29, 1.82) is 0 Å². The van der Waals surface area contributed by atoms with Gasteiger partial charge in [-0.15, -0.1) is 0 Å². The predicted molar refractivity (Wildman–Crippen MR) is 102 cm³/mol. The van der Waals surface area contributed by atoms with Crippen LogP contribution in [0.2, 0.25) is 0 Å². The minimum absolute atomic E-state index is 0.0678. The molecular weight excluding hydrogens is 350 g/mol. The number of hydrogen-bond acceptors (Lipinski definition) is 6. The summed E-state index contributed by atoms with van der Waals surface area (Å²) in [5.41, 5.74) is 12.4. The Kier molecular flexibility index (Phi) is 12.0. The van der Waals surface area contributed by atoms with Gasteiger partial charge < -0.3 is 25.7 Å². The topological polar surface area (TPSA) is 126 Å². The van der Waals surface area contributed by atoms with Gasteiger partial charge in [0.1, 0.15) is 12.8 Å². The maximum atomic E-state index is 10.7. The third-order valence-electron chi connectivity index (χ3n) is 3.70. The first-order chi connectivity index (χ1) is 13.0. The molecule has 2 amide bonds. The molecule has 8 nitrogen and oxygen atoms in total. The Morgan fingerprint density at radius 3 is 2.33 bits per heavy atom. The molecule has 0 heterocycles. The standard InChI is InChI=1S/C19H31N3O5/c1-15(22-9-8-18(20)23)27-13-17-6-4-16(5-7-17)3-2-10-25-11-12-26-14-19(21)24/h4-7,15,22H,2-3,8-14H2,1H3,(H2,20,23)(H2,21,24)/t15-/m1/s1. The predicted octanol–water partition coefficient (Wildman–Crippen LogP) is 0.465. The Hall–Kier alpha value is -2.00. The molecule has 152 valence electrons. The highest BCUT2D eigenvalue weighted by molar-refractivity contribution is 5.75. The molecule has 0 unspecified atom stereocenters. The van der Waals surface area contributed by atoms with Gasteiger partial charge in [0.05, 0.1) is 19.8 Å². The zero-order valence-corrected chi connectivity index (χ0v) is 15.9. The van der Waals surface area contributed by atoms with Crippen LogP contribution < -0.4 is 16.8 Å². The van der Waals surface area contributed by atoms with Gasteiger partial charge in [-0.05, 0) is 30.9 Å². The number of rotatable bonds is 16. The molecule has 8 heteroatoms. The molecule has 0 saturated carbocycles. The zero-order valence-electron chi connectivity index (χ0n) is 15.9. The molecule has 0 saturated heterocycles. The van der Waals surface area contributed by atoms with E-state index in [4.69, 9.17) is 25.7 Å². The van der Waals surface area contributed by atoms with E-state index in [2.05, 4.69) is 17.4 Å². The number of nitrogens with one attached hydrogen (secondary N) is 1. The molecule has 0 radical (unpaired) electrons. The number of carbonyl (C=O) groups excluding carboxylic acids is 2. The first kappa shape index (κ1) is 23.0.